The van der Waals surface area contributed by atoms with Crippen molar-refractivity contribution in [1.29, 1.82) is 0 Å². The summed E-state index contributed by atoms with van der Waals surface area (Å²) < 4.78 is 10.9. The van der Waals surface area contributed by atoms with Crippen molar-refractivity contribution in [3.63, 3.8) is 0 Å². The van der Waals surface area contributed by atoms with Gasteiger partial charge in [0.2, 0.25) is 0 Å². The van der Waals surface area contributed by atoms with Crippen LogP contribution < -0.4 is 14.8 Å². The Balaban J connectivity index is 2.79. The second kappa shape index (κ2) is 9.80. The highest BCUT2D eigenvalue weighted by molar-refractivity contribution is 5.97. The number of aliphatic carboxylic acids is 1. The molecule has 1 amide bonds. The molecule has 24 heavy (non-hydrogen) atoms. The zero-order chi connectivity index (χ0) is 18.1. The van der Waals surface area contributed by atoms with Crippen LogP contribution in [-0.2, 0) is 4.79 Å². The molecular formula is C18H27NO5. The first-order valence-electron chi connectivity index (χ1n) is 8.17. The summed E-state index contributed by atoms with van der Waals surface area (Å²) in [5, 5.41) is 11.5. The van der Waals surface area contributed by atoms with Crippen LogP contribution in [0.15, 0.2) is 18.2 Å². The Bertz CT molecular complexity index is 556. The maximum absolute atomic E-state index is 12.4. The van der Waals surface area contributed by atoms with Crippen molar-refractivity contribution >= 4 is 11.9 Å². The molecule has 0 spiro atoms. The number of amides is 1. The number of carboxylic acid groups (broad SMARTS) is 1. The second-order valence-corrected chi connectivity index (χ2v) is 6.20. The van der Waals surface area contributed by atoms with Crippen LogP contribution >= 0.6 is 0 Å². The number of ether oxygens (including phenoxy) is 2. The van der Waals surface area contributed by atoms with E-state index in [2.05, 4.69) is 19.2 Å². The van der Waals surface area contributed by atoms with Gasteiger partial charge in [0.05, 0.1) is 19.3 Å². The fraction of sp³-hybridized carbons (Fsp3) is 0.556. The Kier molecular flexibility index (Phi) is 8.09. The number of hydrogen-bond donors (Lipinski definition) is 2. The average Bonchev–Trinajstić information content (AvgIpc) is 2.52. The van der Waals surface area contributed by atoms with Crippen molar-refractivity contribution in [2.75, 3.05) is 13.7 Å². The molecule has 0 heterocycles. The lowest BCUT2D eigenvalue weighted by Gasteiger charge is -2.16. The Hall–Kier alpha value is -2.24. The van der Waals surface area contributed by atoms with E-state index < -0.39 is 5.97 Å². The molecule has 1 aromatic rings. The molecule has 0 aliphatic rings. The number of benzene rings is 1. The molecule has 1 atom stereocenters. The Morgan fingerprint density at radius 2 is 1.92 bits per heavy atom. The second-order valence-electron chi connectivity index (χ2n) is 6.20. The van der Waals surface area contributed by atoms with Crippen LogP contribution in [0.5, 0.6) is 11.5 Å². The predicted octanol–water partition coefficient (Wildman–Crippen LogP) is 3.10. The molecule has 134 valence electrons. The van der Waals surface area contributed by atoms with E-state index in [0.29, 0.717) is 36.0 Å². The molecule has 0 aliphatic heterocycles. The van der Waals surface area contributed by atoms with E-state index in [1.807, 2.05) is 0 Å². The van der Waals surface area contributed by atoms with Gasteiger partial charge in [-0.1, -0.05) is 13.8 Å². The van der Waals surface area contributed by atoms with Crippen LogP contribution in [0.2, 0.25) is 0 Å². The van der Waals surface area contributed by atoms with Gasteiger partial charge in [-0.3, -0.25) is 9.59 Å². The smallest absolute Gasteiger partial charge is 0.303 e. The normalized spacial score (nSPS) is 11.9. The fourth-order valence-electron chi connectivity index (χ4n) is 2.05. The maximum atomic E-state index is 12.4. The first-order chi connectivity index (χ1) is 11.3. The molecule has 1 unspecified atom stereocenters. The van der Waals surface area contributed by atoms with Crippen molar-refractivity contribution in [3.8, 4) is 11.5 Å². The molecule has 1 rings (SSSR count). The van der Waals surface area contributed by atoms with E-state index in [0.717, 1.165) is 6.42 Å². The van der Waals surface area contributed by atoms with Gasteiger partial charge in [0, 0.05) is 18.5 Å². The van der Waals surface area contributed by atoms with E-state index in [-0.39, 0.29) is 18.4 Å². The third kappa shape index (κ3) is 6.89. The minimum Gasteiger partial charge on any atom is -0.497 e. The van der Waals surface area contributed by atoms with Gasteiger partial charge < -0.3 is 19.9 Å². The molecule has 0 saturated heterocycles. The Morgan fingerprint density at radius 1 is 1.21 bits per heavy atom. The summed E-state index contributed by atoms with van der Waals surface area (Å²) in [7, 11) is 1.56. The monoisotopic (exact) mass is 337 g/mol. The summed E-state index contributed by atoms with van der Waals surface area (Å²) in [6, 6.07) is 4.81. The number of rotatable bonds is 10. The average molecular weight is 337 g/mol. The number of carboxylic acids is 1. The van der Waals surface area contributed by atoms with Crippen LogP contribution in [0, 0.1) is 5.92 Å². The van der Waals surface area contributed by atoms with E-state index in [9.17, 15) is 9.59 Å². The fourth-order valence-corrected chi connectivity index (χ4v) is 2.05. The first kappa shape index (κ1) is 19.8. The highest BCUT2D eigenvalue weighted by atomic mass is 16.5. The molecule has 1 aromatic carbocycles. The van der Waals surface area contributed by atoms with Gasteiger partial charge in [0.25, 0.3) is 5.91 Å². The van der Waals surface area contributed by atoms with E-state index >= 15 is 0 Å². The van der Waals surface area contributed by atoms with Gasteiger partial charge >= 0.3 is 5.97 Å². The molecule has 0 radical (unpaired) electrons. The minimum atomic E-state index is -0.877. The van der Waals surface area contributed by atoms with Gasteiger partial charge in [-0.05, 0) is 37.8 Å². The summed E-state index contributed by atoms with van der Waals surface area (Å²) >= 11 is 0. The largest absolute Gasteiger partial charge is 0.497 e. The van der Waals surface area contributed by atoms with Gasteiger partial charge in [-0.25, -0.2) is 0 Å². The van der Waals surface area contributed by atoms with Crippen LogP contribution in [0.4, 0.5) is 0 Å². The Labute approximate surface area is 143 Å². The lowest BCUT2D eigenvalue weighted by Crippen LogP contribution is -2.33. The molecule has 0 saturated carbocycles. The zero-order valence-corrected chi connectivity index (χ0v) is 14.8. The van der Waals surface area contributed by atoms with E-state index in [1.165, 1.54) is 0 Å². The quantitative estimate of drug-likeness (QED) is 0.685. The van der Waals surface area contributed by atoms with Gasteiger partial charge in [0.15, 0.2) is 0 Å². The first-order valence-corrected chi connectivity index (χ1v) is 8.17. The van der Waals surface area contributed by atoms with Crippen LogP contribution in [0.25, 0.3) is 0 Å². The summed E-state index contributed by atoms with van der Waals surface area (Å²) in [6.07, 6.45) is 1.27. The summed E-state index contributed by atoms with van der Waals surface area (Å²) in [6.45, 7) is 6.50. The lowest BCUT2D eigenvalue weighted by atomic mass is 10.1. The SMILES string of the molecule is COc1ccc(C(=O)NC(C)CCC(=O)O)c(OCCC(C)C)c1. The number of hydrogen-bond acceptors (Lipinski definition) is 4. The highest BCUT2D eigenvalue weighted by Gasteiger charge is 2.16. The molecule has 6 heteroatoms. The number of carbonyl (C=O) groups is 2. The van der Waals surface area contributed by atoms with Gasteiger partial charge in [-0.15, -0.1) is 0 Å². The lowest BCUT2D eigenvalue weighted by molar-refractivity contribution is -0.137. The summed E-state index contributed by atoms with van der Waals surface area (Å²) in [5.41, 5.74) is 0.418. The van der Waals surface area contributed by atoms with Crippen molar-refractivity contribution in [3.05, 3.63) is 23.8 Å². The third-order valence-corrected chi connectivity index (χ3v) is 3.55. The number of nitrogens with one attached hydrogen (secondary N) is 1. The van der Waals surface area contributed by atoms with Gasteiger partial charge in [0.1, 0.15) is 11.5 Å². The molecule has 6 nitrogen and oxygen atoms in total. The van der Waals surface area contributed by atoms with Crippen LogP contribution in [0.1, 0.15) is 50.4 Å². The summed E-state index contributed by atoms with van der Waals surface area (Å²) in [5.74, 6) is 0.431. The van der Waals surface area contributed by atoms with Crippen molar-refractivity contribution < 1.29 is 24.2 Å². The van der Waals surface area contributed by atoms with Gasteiger partial charge in [-0.2, -0.15) is 0 Å². The number of carbonyl (C=O) groups excluding carboxylic acids is 1. The molecule has 2 N–H and O–H groups in total. The minimum absolute atomic E-state index is 0.0157. The highest BCUT2D eigenvalue weighted by Crippen LogP contribution is 2.25. The van der Waals surface area contributed by atoms with Crippen LogP contribution in [-0.4, -0.2) is 36.7 Å². The number of methoxy groups -OCH3 is 1. The third-order valence-electron chi connectivity index (χ3n) is 3.55. The summed E-state index contributed by atoms with van der Waals surface area (Å²) in [4.78, 5) is 23.0. The van der Waals surface area contributed by atoms with E-state index in [1.54, 1.807) is 32.2 Å². The maximum Gasteiger partial charge on any atom is 0.303 e. The topological polar surface area (TPSA) is 84.9 Å². The van der Waals surface area contributed by atoms with Crippen LogP contribution in [0.3, 0.4) is 0 Å². The molecule has 0 aliphatic carbocycles. The van der Waals surface area contributed by atoms with Crippen molar-refractivity contribution in [1.82, 2.24) is 5.32 Å². The van der Waals surface area contributed by atoms with Crippen molar-refractivity contribution in [2.45, 2.75) is 46.1 Å². The molecule has 0 fully saturated rings. The van der Waals surface area contributed by atoms with Crippen molar-refractivity contribution in [2.24, 2.45) is 5.92 Å². The molecule has 0 bridgehead atoms. The predicted molar refractivity (Wildman–Crippen MR) is 91.7 cm³/mol. The zero-order valence-electron chi connectivity index (χ0n) is 14.8. The molecular weight excluding hydrogens is 310 g/mol. The standard InChI is InChI=1S/C18H27NO5/c1-12(2)9-10-24-16-11-14(23-4)6-7-15(16)18(22)19-13(3)5-8-17(20)21/h6-7,11-13H,5,8-10H2,1-4H3,(H,19,22)(H,20,21). The molecule has 0 aromatic heterocycles. The van der Waals surface area contributed by atoms with E-state index in [4.69, 9.17) is 14.6 Å². The Morgan fingerprint density at radius 3 is 2.50 bits per heavy atom.